The van der Waals surface area contributed by atoms with Crippen molar-refractivity contribution in [1.29, 1.82) is 0 Å². The third-order valence-electron chi connectivity index (χ3n) is 5.13. The molecular formula is C15H26O4S. The van der Waals surface area contributed by atoms with Crippen LogP contribution >= 0.6 is 0 Å². The van der Waals surface area contributed by atoms with E-state index in [0.717, 1.165) is 19.3 Å². The SMILES string of the molecule is CC(C)C1=C[C@H]2[C@@H](CC[C@]2(C)O)[C@H](CS(=O)(=O)O)CC1. The van der Waals surface area contributed by atoms with Crippen LogP contribution in [0.3, 0.4) is 0 Å². The summed E-state index contributed by atoms with van der Waals surface area (Å²) in [5.41, 5.74) is 0.548. The second-order valence-electron chi connectivity index (χ2n) is 7.03. The highest BCUT2D eigenvalue weighted by Gasteiger charge is 2.47. The number of rotatable bonds is 3. The van der Waals surface area contributed by atoms with E-state index < -0.39 is 15.7 Å². The van der Waals surface area contributed by atoms with Crippen molar-refractivity contribution in [3.8, 4) is 0 Å². The van der Waals surface area contributed by atoms with Crippen LogP contribution in [-0.2, 0) is 10.1 Å². The maximum atomic E-state index is 11.3. The van der Waals surface area contributed by atoms with Crippen LogP contribution < -0.4 is 0 Å². The van der Waals surface area contributed by atoms with Gasteiger partial charge in [0, 0.05) is 5.92 Å². The molecule has 0 unspecified atom stereocenters. The molecule has 0 aromatic rings. The summed E-state index contributed by atoms with van der Waals surface area (Å²) in [4.78, 5) is 0. The Labute approximate surface area is 122 Å². The van der Waals surface area contributed by atoms with Gasteiger partial charge in [-0.2, -0.15) is 8.42 Å². The Morgan fingerprint density at radius 2 is 2.05 bits per heavy atom. The minimum absolute atomic E-state index is 0.00847. The van der Waals surface area contributed by atoms with Crippen molar-refractivity contribution < 1.29 is 18.1 Å². The largest absolute Gasteiger partial charge is 0.390 e. The van der Waals surface area contributed by atoms with Gasteiger partial charge < -0.3 is 5.11 Å². The van der Waals surface area contributed by atoms with Gasteiger partial charge in [-0.25, -0.2) is 0 Å². The van der Waals surface area contributed by atoms with Crippen LogP contribution in [-0.4, -0.2) is 29.4 Å². The molecule has 2 rings (SSSR count). The molecule has 1 saturated carbocycles. The first-order chi connectivity index (χ1) is 9.10. The molecule has 116 valence electrons. The van der Waals surface area contributed by atoms with Crippen molar-refractivity contribution in [2.45, 2.75) is 52.1 Å². The normalized spacial score (nSPS) is 38.5. The molecule has 0 spiro atoms. The Kier molecular flexibility index (Phi) is 4.34. The van der Waals surface area contributed by atoms with E-state index in [-0.39, 0.29) is 23.5 Å². The molecule has 0 aromatic carbocycles. The van der Waals surface area contributed by atoms with Crippen LogP contribution in [0.1, 0.15) is 46.5 Å². The second-order valence-corrected chi connectivity index (χ2v) is 8.53. The summed E-state index contributed by atoms with van der Waals surface area (Å²) in [5, 5.41) is 10.6. The summed E-state index contributed by atoms with van der Waals surface area (Å²) in [6.07, 6.45) is 5.36. The predicted octanol–water partition coefficient (Wildman–Crippen LogP) is 2.64. The van der Waals surface area contributed by atoms with E-state index >= 15 is 0 Å². The van der Waals surface area contributed by atoms with Crippen molar-refractivity contribution >= 4 is 10.1 Å². The Balaban J connectivity index is 2.31. The molecule has 5 heteroatoms. The third kappa shape index (κ3) is 3.43. The van der Waals surface area contributed by atoms with Crippen LogP contribution in [0.25, 0.3) is 0 Å². The quantitative estimate of drug-likeness (QED) is 0.621. The highest BCUT2D eigenvalue weighted by Crippen LogP contribution is 2.49. The van der Waals surface area contributed by atoms with Crippen LogP contribution in [0.2, 0.25) is 0 Å². The molecule has 2 N–H and O–H groups in total. The molecule has 0 saturated heterocycles. The zero-order valence-corrected chi connectivity index (χ0v) is 13.4. The molecule has 0 heterocycles. The number of hydrogen-bond acceptors (Lipinski definition) is 3. The summed E-state index contributed by atoms with van der Waals surface area (Å²) in [6, 6.07) is 0. The number of aliphatic hydroxyl groups is 1. The summed E-state index contributed by atoms with van der Waals surface area (Å²) in [7, 11) is -3.96. The molecule has 0 aromatic heterocycles. The number of hydrogen-bond donors (Lipinski definition) is 2. The fourth-order valence-electron chi connectivity index (χ4n) is 3.94. The van der Waals surface area contributed by atoms with Crippen molar-refractivity contribution in [2.24, 2.45) is 23.7 Å². The lowest BCUT2D eigenvalue weighted by Crippen LogP contribution is -2.34. The van der Waals surface area contributed by atoms with E-state index in [1.54, 1.807) is 0 Å². The predicted molar refractivity (Wildman–Crippen MR) is 78.9 cm³/mol. The molecule has 2 aliphatic rings. The highest BCUT2D eigenvalue weighted by molar-refractivity contribution is 7.85. The lowest BCUT2D eigenvalue weighted by atomic mass is 9.80. The van der Waals surface area contributed by atoms with Gasteiger partial charge in [0.25, 0.3) is 10.1 Å². The summed E-state index contributed by atoms with van der Waals surface area (Å²) in [5.74, 6) is 0.342. The molecule has 0 amide bonds. The topological polar surface area (TPSA) is 74.6 Å². The average Bonchev–Trinajstić information content (AvgIpc) is 2.46. The summed E-state index contributed by atoms with van der Waals surface area (Å²) < 4.78 is 31.7. The number of fused-ring (bicyclic) bond motifs is 1. The molecule has 2 aliphatic carbocycles. The van der Waals surface area contributed by atoms with E-state index in [4.69, 9.17) is 0 Å². The third-order valence-corrected chi connectivity index (χ3v) is 5.98. The van der Waals surface area contributed by atoms with E-state index in [2.05, 4.69) is 19.9 Å². The van der Waals surface area contributed by atoms with Gasteiger partial charge in [0.15, 0.2) is 0 Å². The van der Waals surface area contributed by atoms with Gasteiger partial charge in [0.1, 0.15) is 0 Å². The second kappa shape index (κ2) is 5.43. The molecule has 20 heavy (non-hydrogen) atoms. The Morgan fingerprint density at radius 1 is 1.40 bits per heavy atom. The van der Waals surface area contributed by atoms with Gasteiger partial charge in [-0.1, -0.05) is 25.5 Å². The zero-order valence-electron chi connectivity index (χ0n) is 12.5. The molecular weight excluding hydrogens is 276 g/mol. The van der Waals surface area contributed by atoms with Crippen molar-refractivity contribution in [2.75, 3.05) is 5.75 Å². The van der Waals surface area contributed by atoms with Gasteiger partial charge >= 0.3 is 0 Å². The van der Waals surface area contributed by atoms with Crippen LogP contribution in [0.5, 0.6) is 0 Å². The maximum absolute atomic E-state index is 11.3. The lowest BCUT2D eigenvalue weighted by Gasteiger charge is -2.30. The molecule has 1 fully saturated rings. The van der Waals surface area contributed by atoms with E-state index in [9.17, 15) is 18.1 Å². The van der Waals surface area contributed by atoms with Crippen molar-refractivity contribution in [3.63, 3.8) is 0 Å². The fraction of sp³-hybridized carbons (Fsp3) is 0.867. The lowest BCUT2D eigenvalue weighted by molar-refractivity contribution is 0.0257. The molecule has 0 radical (unpaired) electrons. The monoisotopic (exact) mass is 302 g/mol. The summed E-state index contributed by atoms with van der Waals surface area (Å²) in [6.45, 7) is 6.11. The fourth-order valence-corrected chi connectivity index (χ4v) is 4.89. The standard InChI is InChI=1S/C15H26O4S/c1-10(2)11-4-5-12(9-20(17,18)19)13-6-7-15(3,16)14(13)8-11/h8,10,12-14,16H,4-7,9H2,1-3H3,(H,17,18,19)/t12-,13-,14-,15-/m0/s1. The van der Waals surface area contributed by atoms with E-state index in [1.807, 2.05) is 6.92 Å². The van der Waals surface area contributed by atoms with Crippen LogP contribution in [0, 0.1) is 23.7 Å². The first-order valence-corrected chi connectivity index (χ1v) is 9.09. The molecule has 0 bridgehead atoms. The van der Waals surface area contributed by atoms with Gasteiger partial charge in [-0.15, -0.1) is 0 Å². The first kappa shape index (κ1) is 16.0. The van der Waals surface area contributed by atoms with Gasteiger partial charge in [-0.05, 0) is 50.4 Å². The number of allylic oxidation sites excluding steroid dienone is 1. The first-order valence-electron chi connectivity index (χ1n) is 7.48. The van der Waals surface area contributed by atoms with Crippen molar-refractivity contribution in [3.05, 3.63) is 11.6 Å². The van der Waals surface area contributed by atoms with E-state index in [0.29, 0.717) is 12.3 Å². The average molecular weight is 302 g/mol. The maximum Gasteiger partial charge on any atom is 0.265 e. The van der Waals surface area contributed by atoms with Crippen LogP contribution in [0.15, 0.2) is 11.6 Å². The van der Waals surface area contributed by atoms with E-state index in [1.165, 1.54) is 5.57 Å². The Morgan fingerprint density at radius 3 is 2.60 bits per heavy atom. The minimum Gasteiger partial charge on any atom is -0.390 e. The Bertz CT molecular complexity index is 490. The Hall–Kier alpha value is -0.390. The highest BCUT2D eigenvalue weighted by atomic mass is 32.2. The minimum atomic E-state index is -3.96. The summed E-state index contributed by atoms with van der Waals surface area (Å²) >= 11 is 0. The molecule has 4 nitrogen and oxygen atoms in total. The zero-order chi connectivity index (χ0) is 15.1. The smallest absolute Gasteiger partial charge is 0.265 e. The van der Waals surface area contributed by atoms with Gasteiger partial charge in [0.05, 0.1) is 11.4 Å². The van der Waals surface area contributed by atoms with Crippen molar-refractivity contribution in [1.82, 2.24) is 0 Å². The van der Waals surface area contributed by atoms with Gasteiger partial charge in [-0.3, -0.25) is 4.55 Å². The molecule has 0 aliphatic heterocycles. The van der Waals surface area contributed by atoms with Crippen LogP contribution in [0.4, 0.5) is 0 Å². The molecule has 4 atom stereocenters. The van der Waals surface area contributed by atoms with Gasteiger partial charge in [0.2, 0.25) is 0 Å².